The molecule has 178 valence electrons. The molecule has 0 bridgehead atoms. The van der Waals surface area contributed by atoms with E-state index < -0.39 is 0 Å². The minimum absolute atomic E-state index is 0.774. The lowest BCUT2D eigenvalue weighted by Crippen LogP contribution is -2.30. The molecule has 4 aromatic carbocycles. The number of para-hydroxylation sites is 1. The number of hydrogen-bond acceptors (Lipinski definition) is 5. The standard InChI is InChI=1S/C30H29NO4/c1-32-29-18-23-15-16-31(21-24(23)19-30(29)33-2)20-22-7-6-10-28(17-22)35-27-13-11-26(12-14-27)34-25-8-4-3-5-9-25/h3-14,17-19H,15-16,20-21H2,1-2H3. The van der Waals surface area contributed by atoms with Crippen molar-refractivity contribution in [3.8, 4) is 34.5 Å². The molecule has 0 amide bonds. The van der Waals surface area contributed by atoms with Crippen molar-refractivity contribution in [3.05, 3.63) is 108 Å². The molecule has 0 fully saturated rings. The summed E-state index contributed by atoms with van der Waals surface area (Å²) in [6.07, 6.45) is 0.989. The average Bonchev–Trinajstić information content (AvgIpc) is 2.90. The first-order valence-corrected chi connectivity index (χ1v) is 11.8. The van der Waals surface area contributed by atoms with E-state index in [9.17, 15) is 0 Å². The van der Waals surface area contributed by atoms with E-state index in [0.717, 1.165) is 60.6 Å². The Morgan fingerprint density at radius 2 is 1.23 bits per heavy atom. The van der Waals surface area contributed by atoms with Gasteiger partial charge in [0, 0.05) is 19.6 Å². The molecule has 1 heterocycles. The van der Waals surface area contributed by atoms with Gasteiger partial charge in [0.2, 0.25) is 0 Å². The summed E-state index contributed by atoms with van der Waals surface area (Å²) in [4.78, 5) is 2.45. The lowest BCUT2D eigenvalue weighted by Gasteiger charge is -2.29. The van der Waals surface area contributed by atoms with Gasteiger partial charge in [-0.05, 0) is 83.8 Å². The summed E-state index contributed by atoms with van der Waals surface area (Å²) in [6, 6.07) is 29.9. The summed E-state index contributed by atoms with van der Waals surface area (Å²) in [5.41, 5.74) is 3.84. The van der Waals surface area contributed by atoms with Gasteiger partial charge in [-0.2, -0.15) is 0 Å². The van der Waals surface area contributed by atoms with E-state index in [1.54, 1.807) is 14.2 Å². The topological polar surface area (TPSA) is 40.2 Å². The lowest BCUT2D eigenvalue weighted by molar-refractivity contribution is 0.244. The van der Waals surface area contributed by atoms with Crippen molar-refractivity contribution in [2.45, 2.75) is 19.5 Å². The van der Waals surface area contributed by atoms with Gasteiger partial charge >= 0.3 is 0 Å². The smallest absolute Gasteiger partial charge is 0.161 e. The second kappa shape index (κ2) is 10.5. The van der Waals surface area contributed by atoms with E-state index >= 15 is 0 Å². The first kappa shape index (κ1) is 22.8. The number of fused-ring (bicyclic) bond motifs is 1. The molecule has 1 aliphatic rings. The van der Waals surface area contributed by atoms with E-state index in [1.165, 1.54) is 16.7 Å². The third-order valence-electron chi connectivity index (χ3n) is 6.14. The number of benzene rings is 4. The van der Waals surface area contributed by atoms with Crippen LogP contribution < -0.4 is 18.9 Å². The van der Waals surface area contributed by atoms with E-state index in [1.807, 2.05) is 66.7 Å². The van der Waals surface area contributed by atoms with Crippen LogP contribution in [0.25, 0.3) is 0 Å². The number of hydrogen-bond donors (Lipinski definition) is 0. The van der Waals surface area contributed by atoms with E-state index in [4.69, 9.17) is 18.9 Å². The maximum Gasteiger partial charge on any atom is 0.161 e. The van der Waals surface area contributed by atoms with Crippen molar-refractivity contribution in [1.82, 2.24) is 4.90 Å². The zero-order valence-electron chi connectivity index (χ0n) is 20.1. The average molecular weight is 468 g/mol. The first-order valence-electron chi connectivity index (χ1n) is 11.8. The summed E-state index contributed by atoms with van der Waals surface area (Å²) >= 11 is 0. The molecule has 0 saturated heterocycles. The Hall–Kier alpha value is -3.96. The second-order valence-corrected chi connectivity index (χ2v) is 8.57. The number of ether oxygens (including phenoxy) is 4. The molecule has 0 aliphatic carbocycles. The molecule has 0 spiro atoms. The zero-order chi connectivity index (χ0) is 24.0. The van der Waals surface area contributed by atoms with Crippen molar-refractivity contribution in [2.75, 3.05) is 20.8 Å². The highest BCUT2D eigenvalue weighted by Crippen LogP contribution is 2.34. The Morgan fingerprint density at radius 3 is 1.91 bits per heavy atom. The third kappa shape index (κ3) is 5.58. The SMILES string of the molecule is COc1cc2c(cc1OC)CN(Cc1cccc(Oc3ccc(Oc4ccccc4)cc3)c1)CC2. The van der Waals surface area contributed by atoms with Crippen LogP contribution in [-0.2, 0) is 19.5 Å². The van der Waals surface area contributed by atoms with E-state index in [-0.39, 0.29) is 0 Å². The van der Waals surface area contributed by atoms with Crippen LogP contribution in [0.2, 0.25) is 0 Å². The molecule has 0 radical (unpaired) electrons. The Morgan fingerprint density at radius 1 is 0.629 bits per heavy atom. The van der Waals surface area contributed by atoms with Crippen molar-refractivity contribution in [1.29, 1.82) is 0 Å². The predicted molar refractivity (Wildman–Crippen MR) is 137 cm³/mol. The fraction of sp³-hybridized carbons (Fsp3) is 0.200. The predicted octanol–water partition coefficient (Wildman–Crippen LogP) is 6.85. The molecule has 0 aromatic heterocycles. The molecule has 4 aromatic rings. The van der Waals surface area contributed by atoms with Crippen LogP contribution >= 0.6 is 0 Å². The van der Waals surface area contributed by atoms with Gasteiger partial charge < -0.3 is 18.9 Å². The molecular weight excluding hydrogens is 438 g/mol. The highest BCUT2D eigenvalue weighted by atomic mass is 16.5. The van der Waals surface area contributed by atoms with Crippen LogP contribution in [0.1, 0.15) is 16.7 Å². The Labute approximate surface area is 206 Å². The summed E-state index contributed by atoms with van der Waals surface area (Å²) in [7, 11) is 3.36. The van der Waals surface area contributed by atoms with Gasteiger partial charge in [-0.25, -0.2) is 0 Å². The maximum atomic E-state index is 6.12. The number of methoxy groups -OCH3 is 2. The largest absolute Gasteiger partial charge is 0.493 e. The second-order valence-electron chi connectivity index (χ2n) is 8.57. The van der Waals surface area contributed by atoms with Gasteiger partial charge in [-0.3, -0.25) is 4.90 Å². The van der Waals surface area contributed by atoms with Crippen LogP contribution in [0.15, 0.2) is 91.0 Å². The van der Waals surface area contributed by atoms with Gasteiger partial charge in [-0.1, -0.05) is 30.3 Å². The molecule has 0 unspecified atom stereocenters. The van der Waals surface area contributed by atoms with Gasteiger partial charge in [-0.15, -0.1) is 0 Å². The summed E-state index contributed by atoms with van der Waals surface area (Å²) in [6.45, 7) is 2.73. The van der Waals surface area contributed by atoms with Gasteiger partial charge in [0.25, 0.3) is 0 Å². The van der Waals surface area contributed by atoms with Gasteiger partial charge in [0.15, 0.2) is 11.5 Å². The lowest BCUT2D eigenvalue weighted by atomic mass is 9.98. The first-order chi connectivity index (χ1) is 17.2. The Bertz CT molecular complexity index is 1270. The molecule has 0 N–H and O–H groups in total. The van der Waals surface area contributed by atoms with Gasteiger partial charge in [0.05, 0.1) is 14.2 Å². The summed E-state index contributed by atoms with van der Waals surface area (Å²) in [5.74, 6) is 4.76. The number of rotatable bonds is 8. The van der Waals surface area contributed by atoms with Crippen LogP contribution in [0.5, 0.6) is 34.5 Å². The minimum atomic E-state index is 0.774. The minimum Gasteiger partial charge on any atom is -0.493 e. The van der Waals surface area contributed by atoms with E-state index in [0.29, 0.717) is 0 Å². The molecule has 0 saturated carbocycles. The zero-order valence-corrected chi connectivity index (χ0v) is 20.1. The molecule has 5 nitrogen and oxygen atoms in total. The van der Waals surface area contributed by atoms with Gasteiger partial charge in [0.1, 0.15) is 23.0 Å². The summed E-state index contributed by atoms with van der Waals surface area (Å²) in [5, 5.41) is 0. The highest BCUT2D eigenvalue weighted by molar-refractivity contribution is 5.48. The molecule has 35 heavy (non-hydrogen) atoms. The normalized spacial score (nSPS) is 13.1. The highest BCUT2D eigenvalue weighted by Gasteiger charge is 2.19. The van der Waals surface area contributed by atoms with Crippen molar-refractivity contribution >= 4 is 0 Å². The van der Waals surface area contributed by atoms with Crippen molar-refractivity contribution in [3.63, 3.8) is 0 Å². The molecule has 1 aliphatic heterocycles. The monoisotopic (exact) mass is 467 g/mol. The molecule has 0 atom stereocenters. The third-order valence-corrected chi connectivity index (χ3v) is 6.14. The van der Waals surface area contributed by atoms with Crippen molar-refractivity contribution < 1.29 is 18.9 Å². The maximum absolute atomic E-state index is 6.12. The Kier molecular flexibility index (Phi) is 6.87. The molecular formula is C30H29NO4. The quantitative estimate of drug-likeness (QED) is 0.284. The molecule has 5 heteroatoms. The number of nitrogens with zero attached hydrogens (tertiary/aromatic N) is 1. The summed E-state index contributed by atoms with van der Waals surface area (Å²) < 4.78 is 22.9. The Balaban J connectivity index is 1.22. The van der Waals surface area contributed by atoms with Crippen molar-refractivity contribution in [2.24, 2.45) is 0 Å². The van der Waals surface area contributed by atoms with Crippen LogP contribution in [0.3, 0.4) is 0 Å². The fourth-order valence-electron chi connectivity index (χ4n) is 4.38. The molecule has 5 rings (SSSR count). The van der Waals surface area contributed by atoms with Crippen LogP contribution in [0, 0.1) is 0 Å². The van der Waals surface area contributed by atoms with Crippen LogP contribution in [0.4, 0.5) is 0 Å². The fourth-order valence-corrected chi connectivity index (χ4v) is 4.38. The van der Waals surface area contributed by atoms with Crippen LogP contribution in [-0.4, -0.2) is 25.7 Å². The van der Waals surface area contributed by atoms with E-state index in [2.05, 4.69) is 29.2 Å².